The molecule has 2 amide bonds. The van der Waals surface area contributed by atoms with E-state index in [1.54, 1.807) is 11.0 Å². The molecule has 1 aliphatic heterocycles. The fraction of sp³-hybridized carbons (Fsp3) is 0.444. The summed E-state index contributed by atoms with van der Waals surface area (Å²) >= 11 is 6.03. The molecule has 5 nitrogen and oxygen atoms in total. The lowest BCUT2D eigenvalue weighted by Crippen LogP contribution is -2.49. The van der Waals surface area contributed by atoms with Crippen molar-refractivity contribution in [2.24, 2.45) is 0 Å². The van der Waals surface area contributed by atoms with E-state index >= 15 is 0 Å². The highest BCUT2D eigenvalue weighted by atomic mass is 35.5. The average Bonchev–Trinajstić information content (AvgIpc) is 2.58. The van der Waals surface area contributed by atoms with Crippen molar-refractivity contribution in [3.05, 3.63) is 41.9 Å². The van der Waals surface area contributed by atoms with E-state index in [1.165, 1.54) is 6.92 Å². The van der Waals surface area contributed by atoms with Crippen LogP contribution in [0.3, 0.4) is 0 Å². The molecule has 0 spiro atoms. The molecule has 1 saturated heterocycles. The van der Waals surface area contributed by atoms with Crippen molar-refractivity contribution in [2.45, 2.75) is 13.3 Å². The molecule has 0 radical (unpaired) electrons. The first-order valence-corrected chi connectivity index (χ1v) is 8.53. The predicted octanol–water partition coefficient (Wildman–Crippen LogP) is 2.41. The number of nitrogens with zero attached hydrogens (tertiary/aromatic N) is 3. The summed E-state index contributed by atoms with van der Waals surface area (Å²) in [5.41, 5.74) is 1.09. The Bertz CT molecular complexity index is 598. The number of hydrogen-bond acceptors (Lipinski definition) is 3. The first-order chi connectivity index (χ1) is 11.5. The summed E-state index contributed by atoms with van der Waals surface area (Å²) in [5, 5.41) is 0.720. The maximum atomic E-state index is 12.3. The Kier molecular flexibility index (Phi) is 6.67. The molecule has 24 heavy (non-hydrogen) atoms. The number of piperazine rings is 1. The maximum Gasteiger partial charge on any atom is 0.224 e. The fourth-order valence-corrected chi connectivity index (χ4v) is 2.99. The summed E-state index contributed by atoms with van der Waals surface area (Å²) in [4.78, 5) is 29.6. The van der Waals surface area contributed by atoms with Crippen LogP contribution >= 0.6 is 11.6 Å². The molecular formula is C18H24ClN3O2. The molecule has 0 N–H and O–H groups in total. The predicted molar refractivity (Wildman–Crippen MR) is 97.3 cm³/mol. The summed E-state index contributed by atoms with van der Waals surface area (Å²) in [6, 6.07) is 7.77. The van der Waals surface area contributed by atoms with Crippen molar-refractivity contribution in [3.8, 4) is 0 Å². The van der Waals surface area contributed by atoms with Gasteiger partial charge in [-0.2, -0.15) is 0 Å². The van der Waals surface area contributed by atoms with Crippen LogP contribution in [0.2, 0.25) is 5.02 Å². The summed E-state index contributed by atoms with van der Waals surface area (Å²) in [6.07, 6.45) is 2.03. The van der Waals surface area contributed by atoms with Gasteiger partial charge in [-0.15, -0.1) is 6.58 Å². The van der Waals surface area contributed by atoms with E-state index in [0.717, 1.165) is 23.8 Å². The van der Waals surface area contributed by atoms with Gasteiger partial charge in [-0.3, -0.25) is 9.59 Å². The van der Waals surface area contributed by atoms with Gasteiger partial charge in [0, 0.05) is 63.3 Å². The van der Waals surface area contributed by atoms with Crippen LogP contribution in [0.1, 0.15) is 13.3 Å². The number of hydrogen-bond donors (Lipinski definition) is 0. The number of rotatable bonds is 6. The minimum Gasteiger partial charge on any atom is -0.368 e. The standard InChI is InChI=1S/C18H24ClN3O2/c1-3-8-20(15(2)23)9-7-18(24)22-12-10-21(11-13-22)17-6-4-5-16(19)14-17/h3-6,14H,1,7-13H2,2H3. The molecule has 0 unspecified atom stereocenters. The minimum absolute atomic E-state index is 0.0338. The molecule has 0 bridgehead atoms. The Morgan fingerprint density at radius 1 is 1.29 bits per heavy atom. The largest absolute Gasteiger partial charge is 0.368 e. The topological polar surface area (TPSA) is 43.9 Å². The van der Waals surface area contributed by atoms with Gasteiger partial charge >= 0.3 is 0 Å². The first kappa shape index (κ1) is 18.3. The van der Waals surface area contributed by atoms with Crippen molar-refractivity contribution >= 4 is 29.1 Å². The van der Waals surface area contributed by atoms with Gasteiger partial charge in [-0.05, 0) is 18.2 Å². The van der Waals surface area contributed by atoms with Crippen molar-refractivity contribution < 1.29 is 9.59 Å². The van der Waals surface area contributed by atoms with Crippen molar-refractivity contribution in [3.63, 3.8) is 0 Å². The van der Waals surface area contributed by atoms with Crippen molar-refractivity contribution in [2.75, 3.05) is 44.2 Å². The number of halogens is 1. The van der Waals surface area contributed by atoms with E-state index in [0.29, 0.717) is 32.6 Å². The number of carbonyl (C=O) groups is 2. The zero-order valence-electron chi connectivity index (χ0n) is 14.1. The number of carbonyl (C=O) groups excluding carboxylic acids is 2. The SMILES string of the molecule is C=CCN(CCC(=O)N1CCN(c2cccc(Cl)c2)CC1)C(C)=O. The highest BCUT2D eigenvalue weighted by molar-refractivity contribution is 6.30. The number of benzene rings is 1. The zero-order valence-corrected chi connectivity index (χ0v) is 14.8. The van der Waals surface area contributed by atoms with Crippen molar-refractivity contribution in [1.82, 2.24) is 9.80 Å². The summed E-state index contributed by atoms with van der Waals surface area (Å²) in [5.74, 6) is 0.0598. The summed E-state index contributed by atoms with van der Waals surface area (Å²) in [7, 11) is 0. The van der Waals surface area contributed by atoms with E-state index in [9.17, 15) is 9.59 Å². The molecule has 130 valence electrons. The molecule has 1 aliphatic rings. The third-order valence-electron chi connectivity index (χ3n) is 4.20. The molecule has 0 atom stereocenters. The highest BCUT2D eigenvalue weighted by Crippen LogP contribution is 2.20. The third kappa shape index (κ3) is 4.99. The lowest BCUT2D eigenvalue weighted by molar-refractivity contribution is -0.133. The quantitative estimate of drug-likeness (QED) is 0.741. The minimum atomic E-state index is -0.0338. The second-order valence-electron chi connectivity index (χ2n) is 5.85. The number of amides is 2. The van der Waals surface area contributed by atoms with Gasteiger partial charge in [0.15, 0.2) is 0 Å². The number of anilines is 1. The van der Waals surface area contributed by atoms with Crippen LogP contribution in [0.4, 0.5) is 5.69 Å². The van der Waals surface area contributed by atoms with Crippen LogP contribution in [-0.4, -0.2) is 60.9 Å². The van der Waals surface area contributed by atoms with Crippen LogP contribution < -0.4 is 4.90 Å². The van der Waals surface area contributed by atoms with E-state index in [1.807, 2.05) is 29.2 Å². The van der Waals surface area contributed by atoms with E-state index in [2.05, 4.69) is 11.5 Å². The van der Waals surface area contributed by atoms with Gasteiger partial charge in [0.1, 0.15) is 0 Å². The van der Waals surface area contributed by atoms with Crippen LogP contribution in [0.25, 0.3) is 0 Å². The Morgan fingerprint density at radius 3 is 2.58 bits per heavy atom. The second-order valence-corrected chi connectivity index (χ2v) is 6.29. The molecule has 6 heteroatoms. The molecule has 2 rings (SSSR count). The highest BCUT2D eigenvalue weighted by Gasteiger charge is 2.22. The van der Waals surface area contributed by atoms with Crippen LogP contribution in [0.15, 0.2) is 36.9 Å². The normalized spacial score (nSPS) is 14.4. The van der Waals surface area contributed by atoms with E-state index in [4.69, 9.17) is 11.6 Å². The molecule has 0 saturated carbocycles. The second kappa shape index (κ2) is 8.73. The Hall–Kier alpha value is -2.01. The molecule has 1 aromatic carbocycles. The third-order valence-corrected chi connectivity index (χ3v) is 4.43. The molecular weight excluding hydrogens is 326 g/mol. The van der Waals surface area contributed by atoms with E-state index in [-0.39, 0.29) is 11.8 Å². The van der Waals surface area contributed by atoms with Gasteiger partial charge < -0.3 is 14.7 Å². The van der Waals surface area contributed by atoms with Crippen LogP contribution in [0, 0.1) is 0 Å². The fourth-order valence-electron chi connectivity index (χ4n) is 2.81. The lowest BCUT2D eigenvalue weighted by Gasteiger charge is -2.36. The van der Waals surface area contributed by atoms with Crippen molar-refractivity contribution in [1.29, 1.82) is 0 Å². The first-order valence-electron chi connectivity index (χ1n) is 8.16. The molecule has 1 aromatic rings. The lowest BCUT2D eigenvalue weighted by atomic mass is 10.2. The van der Waals surface area contributed by atoms with Gasteiger partial charge in [-0.25, -0.2) is 0 Å². The van der Waals surface area contributed by atoms with Gasteiger partial charge in [0.2, 0.25) is 11.8 Å². The molecule has 1 fully saturated rings. The van der Waals surface area contributed by atoms with Gasteiger partial charge in [0.25, 0.3) is 0 Å². The Balaban J connectivity index is 1.82. The molecule has 0 aromatic heterocycles. The van der Waals surface area contributed by atoms with E-state index < -0.39 is 0 Å². The average molecular weight is 350 g/mol. The monoisotopic (exact) mass is 349 g/mol. The smallest absolute Gasteiger partial charge is 0.224 e. The Morgan fingerprint density at radius 2 is 2.00 bits per heavy atom. The zero-order chi connectivity index (χ0) is 17.5. The van der Waals surface area contributed by atoms with Gasteiger partial charge in [-0.1, -0.05) is 23.7 Å². The molecule has 1 heterocycles. The van der Waals surface area contributed by atoms with Gasteiger partial charge in [0.05, 0.1) is 0 Å². The summed E-state index contributed by atoms with van der Waals surface area (Å²) < 4.78 is 0. The molecule has 0 aliphatic carbocycles. The van der Waals surface area contributed by atoms with Crippen LogP contribution in [-0.2, 0) is 9.59 Å². The maximum absolute atomic E-state index is 12.3. The summed E-state index contributed by atoms with van der Waals surface area (Å²) in [6.45, 7) is 9.02. The Labute approximate surface area is 148 Å². The van der Waals surface area contributed by atoms with Crippen LogP contribution in [0.5, 0.6) is 0 Å².